The van der Waals surface area contributed by atoms with Crippen molar-refractivity contribution in [1.29, 1.82) is 0 Å². The Kier molecular flexibility index (Phi) is 4.08. The predicted molar refractivity (Wildman–Crippen MR) is 71.5 cm³/mol. The van der Waals surface area contributed by atoms with Crippen molar-refractivity contribution < 1.29 is 0 Å². The molecule has 0 unspecified atom stereocenters. The van der Waals surface area contributed by atoms with E-state index in [1.165, 1.54) is 5.56 Å². The first kappa shape index (κ1) is 12.0. The maximum absolute atomic E-state index is 5.37. The fraction of sp³-hybridized carbons (Fsp3) is 0.250. The number of thiophene rings is 1. The first-order valence-electron chi connectivity index (χ1n) is 5.39. The molecule has 0 saturated carbocycles. The van der Waals surface area contributed by atoms with Crippen molar-refractivity contribution in [3.05, 3.63) is 46.4 Å². The van der Waals surface area contributed by atoms with Gasteiger partial charge in [-0.2, -0.15) is 11.3 Å². The Morgan fingerprint density at radius 2 is 2.29 bits per heavy atom. The van der Waals surface area contributed by atoms with Crippen LogP contribution >= 0.6 is 11.3 Å². The molecule has 0 fully saturated rings. The van der Waals surface area contributed by atoms with Gasteiger partial charge in [0.05, 0.1) is 11.4 Å². The van der Waals surface area contributed by atoms with Gasteiger partial charge in [-0.3, -0.25) is 15.7 Å². The molecule has 0 aliphatic carbocycles. The minimum Gasteiger partial charge on any atom is -0.324 e. The van der Waals surface area contributed by atoms with Crippen LogP contribution < -0.4 is 11.3 Å². The second kappa shape index (κ2) is 5.77. The highest BCUT2D eigenvalue weighted by Crippen LogP contribution is 2.12. The maximum Gasteiger partial charge on any atom is 0.0564 e. The smallest absolute Gasteiger partial charge is 0.0564 e. The second-order valence-electron chi connectivity index (χ2n) is 3.98. The van der Waals surface area contributed by atoms with Crippen LogP contribution in [-0.4, -0.2) is 16.9 Å². The van der Waals surface area contributed by atoms with Gasteiger partial charge < -0.3 is 5.43 Å². The lowest BCUT2D eigenvalue weighted by Crippen LogP contribution is -2.18. The lowest BCUT2D eigenvalue weighted by molar-refractivity contribution is 0.315. The average Bonchev–Trinajstić information content (AvgIpc) is 2.82. The van der Waals surface area contributed by atoms with Gasteiger partial charge >= 0.3 is 0 Å². The maximum atomic E-state index is 5.37. The lowest BCUT2D eigenvalue weighted by Gasteiger charge is -2.15. The van der Waals surface area contributed by atoms with E-state index in [9.17, 15) is 0 Å². The third kappa shape index (κ3) is 3.52. The number of nitrogens with zero attached hydrogens (tertiary/aromatic N) is 2. The van der Waals surface area contributed by atoms with Crippen LogP contribution in [0.5, 0.6) is 0 Å². The van der Waals surface area contributed by atoms with Gasteiger partial charge in [-0.05, 0) is 41.6 Å². The molecule has 0 spiro atoms. The molecule has 5 heteroatoms. The number of nitrogen functional groups attached to an aromatic ring is 1. The number of nitrogens with two attached hydrogens (primary N) is 1. The number of anilines is 1. The summed E-state index contributed by atoms with van der Waals surface area (Å²) in [5.74, 6) is 5.37. The number of pyridine rings is 1. The Bertz CT molecular complexity index is 455. The quantitative estimate of drug-likeness (QED) is 0.628. The van der Waals surface area contributed by atoms with Crippen molar-refractivity contribution in [2.75, 3.05) is 12.5 Å². The van der Waals surface area contributed by atoms with Crippen molar-refractivity contribution in [2.24, 2.45) is 5.84 Å². The Labute approximate surface area is 105 Å². The van der Waals surface area contributed by atoms with Crippen LogP contribution in [0.1, 0.15) is 11.3 Å². The first-order valence-corrected chi connectivity index (χ1v) is 6.33. The van der Waals surface area contributed by atoms with Gasteiger partial charge in [0.1, 0.15) is 0 Å². The Hall–Kier alpha value is -1.43. The standard InChI is InChI=1S/C12H16N4S/c1-16(7-10-3-5-17-9-10)8-12-6-11(15-13)2-4-14-12/h2-6,9H,7-8,13H2,1H3,(H,14,15). The zero-order chi connectivity index (χ0) is 12.1. The molecular weight excluding hydrogens is 232 g/mol. The number of aromatic nitrogens is 1. The third-order valence-electron chi connectivity index (χ3n) is 2.45. The molecule has 0 aliphatic rings. The van der Waals surface area contributed by atoms with Crippen molar-refractivity contribution in [1.82, 2.24) is 9.88 Å². The molecule has 0 saturated heterocycles. The lowest BCUT2D eigenvalue weighted by atomic mass is 10.3. The fourth-order valence-corrected chi connectivity index (χ4v) is 2.34. The number of hydrogen-bond acceptors (Lipinski definition) is 5. The summed E-state index contributed by atoms with van der Waals surface area (Å²) in [5.41, 5.74) is 5.87. The van der Waals surface area contributed by atoms with Crippen LogP contribution in [0.2, 0.25) is 0 Å². The number of hydrazine groups is 1. The molecule has 4 nitrogen and oxygen atoms in total. The largest absolute Gasteiger partial charge is 0.324 e. The summed E-state index contributed by atoms with van der Waals surface area (Å²) in [4.78, 5) is 6.55. The number of nitrogens with one attached hydrogen (secondary N) is 1. The molecule has 2 aromatic rings. The Morgan fingerprint density at radius 1 is 1.41 bits per heavy atom. The first-order chi connectivity index (χ1) is 8.28. The van der Waals surface area contributed by atoms with Crippen LogP contribution in [0.4, 0.5) is 5.69 Å². The molecule has 3 N–H and O–H groups in total. The summed E-state index contributed by atoms with van der Waals surface area (Å²) in [6.07, 6.45) is 1.77. The van der Waals surface area contributed by atoms with E-state index < -0.39 is 0 Å². The van der Waals surface area contributed by atoms with Crippen molar-refractivity contribution in [2.45, 2.75) is 13.1 Å². The monoisotopic (exact) mass is 248 g/mol. The highest BCUT2D eigenvalue weighted by atomic mass is 32.1. The molecular formula is C12H16N4S. The molecule has 0 atom stereocenters. The summed E-state index contributed by atoms with van der Waals surface area (Å²) in [6.45, 7) is 1.75. The summed E-state index contributed by atoms with van der Waals surface area (Å²) < 4.78 is 0. The van der Waals surface area contributed by atoms with E-state index >= 15 is 0 Å². The van der Waals surface area contributed by atoms with E-state index in [4.69, 9.17) is 5.84 Å². The zero-order valence-corrected chi connectivity index (χ0v) is 10.6. The third-order valence-corrected chi connectivity index (χ3v) is 3.18. The van der Waals surface area contributed by atoms with Crippen molar-refractivity contribution in [3.63, 3.8) is 0 Å². The molecule has 2 aromatic heterocycles. The second-order valence-corrected chi connectivity index (χ2v) is 4.76. The Balaban J connectivity index is 1.95. The summed E-state index contributed by atoms with van der Waals surface area (Å²) in [7, 11) is 2.09. The summed E-state index contributed by atoms with van der Waals surface area (Å²) in [6, 6.07) is 5.96. The normalized spacial score (nSPS) is 10.8. The summed E-state index contributed by atoms with van der Waals surface area (Å²) >= 11 is 1.73. The molecule has 0 bridgehead atoms. The number of rotatable bonds is 5. The van der Waals surface area contributed by atoms with Crippen molar-refractivity contribution >= 4 is 17.0 Å². The average molecular weight is 248 g/mol. The van der Waals surface area contributed by atoms with E-state index in [1.54, 1.807) is 17.5 Å². The molecule has 17 heavy (non-hydrogen) atoms. The van der Waals surface area contributed by atoms with E-state index in [-0.39, 0.29) is 0 Å². The highest BCUT2D eigenvalue weighted by molar-refractivity contribution is 7.07. The molecule has 0 aromatic carbocycles. The van der Waals surface area contributed by atoms with Gasteiger partial charge in [0.25, 0.3) is 0 Å². The van der Waals surface area contributed by atoms with Crippen LogP contribution in [0.15, 0.2) is 35.2 Å². The molecule has 0 amide bonds. The van der Waals surface area contributed by atoms with Crippen molar-refractivity contribution in [3.8, 4) is 0 Å². The zero-order valence-electron chi connectivity index (χ0n) is 9.76. The minimum atomic E-state index is 0.811. The van der Waals surface area contributed by atoms with Crippen LogP contribution in [0.25, 0.3) is 0 Å². The van der Waals surface area contributed by atoms with E-state index in [1.807, 2.05) is 12.1 Å². The minimum absolute atomic E-state index is 0.811. The van der Waals surface area contributed by atoms with Gasteiger partial charge in [0.15, 0.2) is 0 Å². The molecule has 2 heterocycles. The SMILES string of the molecule is CN(Cc1ccsc1)Cc1cc(NN)ccn1. The predicted octanol–water partition coefficient (Wildman–Crippen LogP) is 2.06. The van der Waals surface area contributed by atoms with Crippen LogP contribution in [0, 0.1) is 0 Å². The Morgan fingerprint density at radius 3 is 3.00 bits per heavy atom. The highest BCUT2D eigenvalue weighted by Gasteiger charge is 2.03. The topological polar surface area (TPSA) is 54.2 Å². The van der Waals surface area contributed by atoms with Gasteiger partial charge in [0, 0.05) is 19.3 Å². The van der Waals surface area contributed by atoms with Crippen LogP contribution in [-0.2, 0) is 13.1 Å². The fourth-order valence-electron chi connectivity index (χ4n) is 1.68. The van der Waals surface area contributed by atoms with Gasteiger partial charge in [-0.25, -0.2) is 0 Å². The van der Waals surface area contributed by atoms with E-state index in [0.29, 0.717) is 0 Å². The van der Waals surface area contributed by atoms with Gasteiger partial charge in [-0.1, -0.05) is 0 Å². The van der Waals surface area contributed by atoms with Crippen LogP contribution in [0.3, 0.4) is 0 Å². The summed E-state index contributed by atoms with van der Waals surface area (Å²) in [5, 5.41) is 4.27. The van der Waals surface area contributed by atoms with Gasteiger partial charge in [0.2, 0.25) is 0 Å². The van der Waals surface area contributed by atoms with Gasteiger partial charge in [-0.15, -0.1) is 0 Å². The molecule has 2 rings (SSSR count). The molecule has 90 valence electrons. The van der Waals surface area contributed by atoms with E-state index in [2.05, 4.69) is 39.2 Å². The molecule has 0 radical (unpaired) electrons. The number of hydrogen-bond donors (Lipinski definition) is 2. The van der Waals surface area contributed by atoms with E-state index in [0.717, 1.165) is 24.5 Å². The molecule has 0 aliphatic heterocycles.